The zero-order valence-corrected chi connectivity index (χ0v) is 30.4. The number of benzene rings is 2. The van der Waals surface area contributed by atoms with Crippen molar-refractivity contribution in [2.24, 2.45) is 0 Å². The highest BCUT2D eigenvalue weighted by Gasteiger charge is 2.35. The number of hydrogen-bond donors (Lipinski definition) is 3. The predicted molar refractivity (Wildman–Crippen MR) is 182 cm³/mol. The fraction of sp³-hybridized carbons (Fsp3) is 0.639. The number of rotatable bonds is 8. The summed E-state index contributed by atoms with van der Waals surface area (Å²) >= 11 is 3.02. The maximum Gasteiger partial charge on any atom is 0.148 e. The van der Waals surface area contributed by atoms with E-state index in [1.807, 2.05) is 38.1 Å². The second kappa shape index (κ2) is 12.4. The number of aromatic hydroxyl groups is 2. The second-order valence-corrected chi connectivity index (χ2v) is 19.1. The molecule has 4 nitrogen and oxygen atoms in total. The van der Waals surface area contributed by atoms with Gasteiger partial charge in [0, 0.05) is 43.7 Å². The molecule has 0 aliphatic carbocycles. The largest absolute Gasteiger partial charge is 0.507 e. The van der Waals surface area contributed by atoms with E-state index in [1.54, 1.807) is 18.7 Å². The molecule has 0 amide bonds. The topological polar surface area (TPSA) is 77.8 Å². The van der Waals surface area contributed by atoms with Gasteiger partial charge in [-0.25, -0.2) is 0 Å². The predicted octanol–water partition coefficient (Wildman–Crippen LogP) is 9.66. The average molecular weight is 617 g/mol. The number of carbonyl (C=O) groups is 1. The quantitative estimate of drug-likeness (QED) is 0.256. The van der Waals surface area contributed by atoms with E-state index in [1.165, 1.54) is 11.8 Å². The van der Waals surface area contributed by atoms with Crippen molar-refractivity contribution in [1.82, 2.24) is 0 Å². The minimum absolute atomic E-state index is 0.0170. The summed E-state index contributed by atoms with van der Waals surface area (Å²) in [5.41, 5.74) is 1.26. The Morgan fingerprint density at radius 3 is 1.19 bits per heavy atom. The normalized spacial score (nSPS) is 16.2. The minimum Gasteiger partial charge on any atom is -0.507 e. The van der Waals surface area contributed by atoms with Crippen LogP contribution < -0.4 is 0 Å². The first-order chi connectivity index (χ1) is 18.7. The molecule has 0 heterocycles. The summed E-state index contributed by atoms with van der Waals surface area (Å²) in [5, 5.41) is 33.1. The number of Topliss-reactive ketones (excluding diaryl/α,β-unsaturated/α-hetero) is 1. The van der Waals surface area contributed by atoms with E-state index >= 15 is 0 Å². The Labute approximate surface area is 264 Å². The summed E-state index contributed by atoms with van der Waals surface area (Å²) in [6.45, 7) is 30.6. The summed E-state index contributed by atoms with van der Waals surface area (Å²) in [6, 6.07) is 8.04. The molecule has 3 N–H and O–H groups in total. The first kappa shape index (κ1) is 36.6. The van der Waals surface area contributed by atoms with Crippen LogP contribution >= 0.6 is 23.5 Å². The van der Waals surface area contributed by atoms with Crippen LogP contribution in [0.4, 0.5) is 0 Å². The molecule has 3 atom stereocenters. The molecule has 6 heteroatoms. The molecule has 0 bridgehead atoms. The van der Waals surface area contributed by atoms with Gasteiger partial charge in [0.2, 0.25) is 0 Å². The highest BCUT2D eigenvalue weighted by molar-refractivity contribution is 8.00. The van der Waals surface area contributed by atoms with Crippen LogP contribution in [-0.2, 0) is 26.5 Å². The van der Waals surface area contributed by atoms with Crippen LogP contribution in [0.25, 0.3) is 0 Å². The summed E-state index contributed by atoms with van der Waals surface area (Å²) in [4.78, 5) is 15.4. The molecule has 236 valence electrons. The third-order valence-electron chi connectivity index (χ3n) is 7.89. The van der Waals surface area contributed by atoms with Crippen LogP contribution in [0, 0.1) is 0 Å². The van der Waals surface area contributed by atoms with Crippen LogP contribution in [0.1, 0.15) is 133 Å². The third-order valence-corrected chi connectivity index (χ3v) is 10.4. The maximum absolute atomic E-state index is 13.5. The Balaban J connectivity index is 2.31. The SMILES string of the molecule is CC(Sc1cc(C(C)(C)C)c(O)c(C(C)(C)C)c1)C(=O)CC(C)(O)C(C)Sc1cc(C(C)(C)C)c(O)c(C(C)(C)C)c1. The Kier molecular flexibility index (Phi) is 10.8. The van der Waals surface area contributed by atoms with Crippen molar-refractivity contribution < 1.29 is 20.1 Å². The van der Waals surface area contributed by atoms with Gasteiger partial charge < -0.3 is 15.3 Å². The number of phenolic OH excluding ortho intramolecular Hbond substituents is 2. The van der Waals surface area contributed by atoms with Crippen LogP contribution in [-0.4, -0.2) is 37.2 Å². The van der Waals surface area contributed by atoms with Gasteiger partial charge in [0.05, 0.1) is 10.9 Å². The molecule has 0 aromatic heterocycles. The Hall–Kier alpha value is -1.63. The van der Waals surface area contributed by atoms with E-state index < -0.39 is 5.60 Å². The molecule has 0 aliphatic rings. The monoisotopic (exact) mass is 616 g/mol. The van der Waals surface area contributed by atoms with Crippen molar-refractivity contribution in [2.75, 3.05) is 0 Å². The van der Waals surface area contributed by atoms with Crippen LogP contribution in [0.3, 0.4) is 0 Å². The molecule has 42 heavy (non-hydrogen) atoms. The van der Waals surface area contributed by atoms with Crippen molar-refractivity contribution in [3.63, 3.8) is 0 Å². The zero-order valence-electron chi connectivity index (χ0n) is 28.7. The van der Waals surface area contributed by atoms with Gasteiger partial charge >= 0.3 is 0 Å². The van der Waals surface area contributed by atoms with Crippen LogP contribution in [0.2, 0.25) is 0 Å². The number of hydrogen-bond acceptors (Lipinski definition) is 6. The maximum atomic E-state index is 13.5. The molecule has 0 spiro atoms. The van der Waals surface area contributed by atoms with E-state index in [-0.39, 0.29) is 44.4 Å². The molecule has 2 aromatic carbocycles. The van der Waals surface area contributed by atoms with Crippen LogP contribution in [0.5, 0.6) is 11.5 Å². The van der Waals surface area contributed by atoms with Gasteiger partial charge in [-0.3, -0.25) is 4.79 Å². The summed E-state index contributed by atoms with van der Waals surface area (Å²) in [6.07, 6.45) is 0.0298. The van der Waals surface area contributed by atoms with Gasteiger partial charge in [-0.05, 0) is 59.8 Å². The van der Waals surface area contributed by atoms with Gasteiger partial charge in [-0.1, -0.05) is 90.0 Å². The van der Waals surface area contributed by atoms with Gasteiger partial charge in [0.1, 0.15) is 17.3 Å². The lowest BCUT2D eigenvalue weighted by Gasteiger charge is -2.32. The lowest BCUT2D eigenvalue weighted by molar-refractivity contribution is -0.122. The molecule has 3 unspecified atom stereocenters. The molecule has 0 saturated carbocycles. The van der Waals surface area contributed by atoms with E-state index in [4.69, 9.17) is 0 Å². The molecule has 2 aromatic rings. The highest BCUT2D eigenvalue weighted by atomic mass is 32.2. The van der Waals surface area contributed by atoms with Gasteiger partial charge in [-0.2, -0.15) is 0 Å². The Morgan fingerprint density at radius 1 is 0.619 bits per heavy atom. The molecule has 0 fully saturated rings. The lowest BCUT2D eigenvalue weighted by atomic mass is 9.79. The van der Waals surface area contributed by atoms with Crippen molar-refractivity contribution in [3.8, 4) is 11.5 Å². The summed E-state index contributed by atoms with van der Waals surface area (Å²) < 4.78 is 0. The Morgan fingerprint density at radius 2 is 0.905 bits per heavy atom. The van der Waals surface area contributed by atoms with E-state index in [9.17, 15) is 20.1 Å². The lowest BCUT2D eigenvalue weighted by Crippen LogP contribution is -2.39. The van der Waals surface area contributed by atoms with Gasteiger partial charge in [0.15, 0.2) is 0 Å². The molecule has 0 saturated heterocycles. The number of carbonyl (C=O) groups excluding carboxylic acids is 1. The second-order valence-electron chi connectivity index (χ2n) is 16.3. The minimum atomic E-state index is -1.24. The van der Waals surface area contributed by atoms with Crippen molar-refractivity contribution in [2.45, 2.75) is 158 Å². The molecule has 0 radical (unpaired) electrons. The van der Waals surface area contributed by atoms with E-state index in [2.05, 4.69) is 83.1 Å². The fourth-order valence-electron chi connectivity index (χ4n) is 4.88. The fourth-order valence-corrected chi connectivity index (χ4v) is 6.99. The summed E-state index contributed by atoms with van der Waals surface area (Å²) in [5.74, 6) is 0.639. The smallest absolute Gasteiger partial charge is 0.148 e. The van der Waals surface area contributed by atoms with E-state index in [0.717, 1.165) is 32.0 Å². The molecular formula is C36H56O4S2. The van der Waals surface area contributed by atoms with Crippen molar-refractivity contribution >= 4 is 29.3 Å². The highest BCUT2D eigenvalue weighted by Crippen LogP contribution is 2.45. The zero-order chi connectivity index (χ0) is 32.8. The molecular weight excluding hydrogens is 561 g/mol. The number of ketones is 1. The van der Waals surface area contributed by atoms with E-state index in [0.29, 0.717) is 11.5 Å². The first-order valence-electron chi connectivity index (χ1n) is 15.0. The number of aliphatic hydroxyl groups is 1. The molecule has 0 aliphatic heterocycles. The third kappa shape index (κ3) is 8.95. The molecule has 2 rings (SSSR count). The van der Waals surface area contributed by atoms with Crippen molar-refractivity contribution in [3.05, 3.63) is 46.5 Å². The standard InChI is InChI=1S/C36H56O4S2/c1-21(41-23-16-25(32(3,4)5)30(38)26(17-23)33(6,7)8)29(37)20-36(15,40)22(2)42-24-18-27(34(9,10)11)31(39)28(19-24)35(12,13)14/h16-19,21-22,38-40H,20H2,1-15H3. The van der Waals surface area contributed by atoms with Gasteiger partial charge in [0.25, 0.3) is 0 Å². The number of phenols is 2. The Bertz CT molecular complexity index is 1210. The van der Waals surface area contributed by atoms with Gasteiger partial charge in [-0.15, -0.1) is 23.5 Å². The summed E-state index contributed by atoms with van der Waals surface area (Å²) in [7, 11) is 0. The average Bonchev–Trinajstić information content (AvgIpc) is 2.77. The number of thioether (sulfide) groups is 2. The van der Waals surface area contributed by atoms with Crippen molar-refractivity contribution in [1.29, 1.82) is 0 Å². The first-order valence-corrected chi connectivity index (χ1v) is 16.8. The van der Waals surface area contributed by atoms with Crippen LogP contribution in [0.15, 0.2) is 34.1 Å².